The molecule has 1 amide bonds. The van der Waals surface area contributed by atoms with Gasteiger partial charge in [0.05, 0.1) is 12.1 Å². The van der Waals surface area contributed by atoms with Gasteiger partial charge in [-0.15, -0.1) is 0 Å². The number of H-pyrrole nitrogens is 1. The van der Waals surface area contributed by atoms with Gasteiger partial charge < -0.3 is 15.5 Å². The van der Waals surface area contributed by atoms with Gasteiger partial charge in [-0.1, -0.05) is 0 Å². The van der Waals surface area contributed by atoms with Crippen LogP contribution in [-0.4, -0.2) is 41.6 Å². The van der Waals surface area contributed by atoms with Crippen LogP contribution >= 0.6 is 0 Å². The largest absolute Gasteiger partial charge is 0.383 e. The molecule has 0 saturated carbocycles. The predicted octanol–water partition coefficient (Wildman–Crippen LogP) is 2.47. The van der Waals surface area contributed by atoms with Gasteiger partial charge in [0.25, 0.3) is 0 Å². The van der Waals surface area contributed by atoms with Gasteiger partial charge in [-0.3, -0.25) is 9.69 Å². The molecule has 130 valence electrons. The maximum absolute atomic E-state index is 13.5. The smallest absolute Gasteiger partial charge is 0.219 e. The summed E-state index contributed by atoms with van der Waals surface area (Å²) < 4.78 is 18.9. The van der Waals surface area contributed by atoms with Crippen molar-refractivity contribution >= 4 is 16.8 Å². The molecule has 0 radical (unpaired) electrons. The Labute approximate surface area is 141 Å². The number of fused-ring (bicyclic) bond motifs is 1. The molecule has 0 bridgehead atoms. The van der Waals surface area contributed by atoms with E-state index in [1.165, 1.54) is 6.07 Å². The number of nitrogens with one attached hydrogen (secondary N) is 1. The number of benzene rings is 1. The highest BCUT2D eigenvalue weighted by molar-refractivity contribution is 5.84. The number of primary amides is 1. The van der Waals surface area contributed by atoms with Gasteiger partial charge in [-0.2, -0.15) is 0 Å². The van der Waals surface area contributed by atoms with Crippen molar-refractivity contribution in [1.82, 2.24) is 9.88 Å². The Morgan fingerprint density at radius 3 is 3.00 bits per heavy atom. The molecule has 2 aromatic rings. The van der Waals surface area contributed by atoms with E-state index in [2.05, 4.69) is 9.88 Å². The van der Waals surface area contributed by atoms with E-state index in [0.717, 1.165) is 41.5 Å². The predicted molar refractivity (Wildman–Crippen MR) is 91.1 cm³/mol. The molecule has 1 aromatic carbocycles. The number of carbonyl (C=O) groups is 1. The first-order chi connectivity index (χ1) is 11.4. The van der Waals surface area contributed by atoms with E-state index in [1.807, 2.05) is 6.92 Å². The van der Waals surface area contributed by atoms with Gasteiger partial charge >= 0.3 is 0 Å². The normalized spacial score (nSPS) is 21.6. The molecule has 1 aromatic heterocycles. The van der Waals surface area contributed by atoms with Crippen LogP contribution in [0.2, 0.25) is 0 Å². The summed E-state index contributed by atoms with van der Waals surface area (Å²) in [5, 5.41) is 0.899. The van der Waals surface area contributed by atoms with Crippen LogP contribution in [0.25, 0.3) is 10.9 Å². The van der Waals surface area contributed by atoms with Crippen LogP contribution in [0.1, 0.15) is 30.5 Å². The van der Waals surface area contributed by atoms with Crippen molar-refractivity contribution in [3.63, 3.8) is 0 Å². The van der Waals surface area contributed by atoms with E-state index >= 15 is 0 Å². The van der Waals surface area contributed by atoms with E-state index in [-0.39, 0.29) is 23.7 Å². The number of halogens is 1. The second kappa shape index (κ2) is 6.53. The number of aromatic amines is 1. The van der Waals surface area contributed by atoms with Gasteiger partial charge in [0.15, 0.2) is 0 Å². The summed E-state index contributed by atoms with van der Waals surface area (Å²) in [5.41, 5.74) is 8.14. The number of hydrogen-bond acceptors (Lipinski definition) is 3. The third-order valence-electron chi connectivity index (χ3n) is 5.13. The second-order valence-corrected chi connectivity index (χ2v) is 6.74. The van der Waals surface area contributed by atoms with Gasteiger partial charge in [-0.25, -0.2) is 4.39 Å². The standard InChI is InChI=1S/C18H24FN3O2/c1-12-14-8-13(19)4-5-15(14)21-16(12)10-22-7-3-6-18(22,11-24-2)9-17(20)23/h4-5,8,21H,3,6-7,9-11H2,1-2H3,(H2,20,23)/t18-/m0/s1. The molecular weight excluding hydrogens is 309 g/mol. The number of carbonyl (C=O) groups excluding carboxylic acids is 1. The Morgan fingerprint density at radius 1 is 1.50 bits per heavy atom. The number of rotatable bonds is 6. The lowest BCUT2D eigenvalue weighted by atomic mass is 9.92. The molecule has 1 atom stereocenters. The van der Waals surface area contributed by atoms with Crippen molar-refractivity contribution in [2.75, 3.05) is 20.3 Å². The average molecular weight is 333 g/mol. The molecule has 1 fully saturated rings. The molecule has 3 N–H and O–H groups in total. The number of hydrogen-bond donors (Lipinski definition) is 2. The molecule has 1 aliphatic heterocycles. The van der Waals surface area contributed by atoms with Crippen LogP contribution in [0.3, 0.4) is 0 Å². The summed E-state index contributed by atoms with van der Waals surface area (Å²) in [7, 11) is 1.65. The Morgan fingerprint density at radius 2 is 2.29 bits per heavy atom. The summed E-state index contributed by atoms with van der Waals surface area (Å²) in [4.78, 5) is 17.2. The van der Waals surface area contributed by atoms with Gasteiger partial charge in [0.1, 0.15) is 5.82 Å². The minimum absolute atomic E-state index is 0.236. The van der Waals surface area contributed by atoms with Crippen LogP contribution in [0, 0.1) is 12.7 Å². The third kappa shape index (κ3) is 3.03. The number of nitrogens with two attached hydrogens (primary N) is 1. The van der Waals surface area contributed by atoms with Crippen molar-refractivity contribution in [2.45, 2.75) is 38.3 Å². The van der Waals surface area contributed by atoms with E-state index in [9.17, 15) is 9.18 Å². The van der Waals surface area contributed by atoms with E-state index in [4.69, 9.17) is 10.5 Å². The first-order valence-electron chi connectivity index (χ1n) is 8.24. The number of amides is 1. The first kappa shape index (κ1) is 16.9. The van der Waals surface area contributed by atoms with Gasteiger partial charge in [0.2, 0.25) is 5.91 Å². The highest BCUT2D eigenvalue weighted by Crippen LogP contribution is 2.35. The number of aromatic nitrogens is 1. The number of ether oxygens (including phenoxy) is 1. The molecule has 1 saturated heterocycles. The van der Waals surface area contributed by atoms with Crippen molar-refractivity contribution in [2.24, 2.45) is 5.73 Å². The lowest BCUT2D eigenvalue weighted by Crippen LogP contribution is -2.49. The lowest BCUT2D eigenvalue weighted by Gasteiger charge is -2.37. The Bertz CT molecular complexity index is 758. The van der Waals surface area contributed by atoms with E-state index in [1.54, 1.807) is 19.2 Å². The summed E-state index contributed by atoms with van der Waals surface area (Å²) in [5.74, 6) is -0.547. The zero-order chi connectivity index (χ0) is 17.3. The van der Waals surface area contributed by atoms with Gasteiger partial charge in [0, 0.05) is 36.7 Å². The molecule has 0 spiro atoms. The molecule has 0 unspecified atom stereocenters. The van der Waals surface area contributed by atoms with Crippen LogP contribution in [0.4, 0.5) is 4.39 Å². The first-order valence-corrected chi connectivity index (χ1v) is 8.24. The topological polar surface area (TPSA) is 71.3 Å². The Hall–Kier alpha value is -1.92. The SMILES string of the molecule is COC[C@@]1(CC(N)=O)CCCN1Cc1[nH]c2ccc(F)cc2c1C. The van der Waals surface area contributed by atoms with Crippen molar-refractivity contribution in [1.29, 1.82) is 0 Å². The fourth-order valence-corrected chi connectivity index (χ4v) is 3.95. The highest BCUT2D eigenvalue weighted by atomic mass is 19.1. The maximum Gasteiger partial charge on any atom is 0.219 e. The molecule has 24 heavy (non-hydrogen) atoms. The molecule has 1 aliphatic rings. The fourth-order valence-electron chi connectivity index (χ4n) is 3.95. The van der Waals surface area contributed by atoms with Crippen molar-refractivity contribution in [3.8, 4) is 0 Å². The maximum atomic E-state index is 13.5. The number of nitrogens with zero attached hydrogens (tertiary/aromatic N) is 1. The average Bonchev–Trinajstić information content (AvgIpc) is 3.02. The van der Waals surface area contributed by atoms with Gasteiger partial charge in [-0.05, 0) is 50.1 Å². The quantitative estimate of drug-likeness (QED) is 0.853. The molecule has 0 aliphatic carbocycles. The highest BCUT2D eigenvalue weighted by Gasteiger charge is 2.42. The summed E-state index contributed by atoms with van der Waals surface area (Å²) in [6.07, 6.45) is 2.18. The number of aryl methyl sites for hydroxylation is 1. The monoisotopic (exact) mass is 333 g/mol. The van der Waals surface area contributed by atoms with Crippen molar-refractivity contribution in [3.05, 3.63) is 35.3 Å². The number of likely N-dealkylation sites (tertiary alicyclic amines) is 1. The molecule has 2 heterocycles. The van der Waals surface area contributed by atoms with E-state index in [0.29, 0.717) is 13.2 Å². The minimum atomic E-state index is -0.352. The Balaban J connectivity index is 1.91. The zero-order valence-corrected chi connectivity index (χ0v) is 14.2. The van der Waals surface area contributed by atoms with E-state index < -0.39 is 0 Å². The van der Waals surface area contributed by atoms with Crippen LogP contribution in [-0.2, 0) is 16.1 Å². The lowest BCUT2D eigenvalue weighted by molar-refractivity contribution is -0.121. The summed E-state index contributed by atoms with van der Waals surface area (Å²) in [6, 6.07) is 4.78. The molecule has 5 nitrogen and oxygen atoms in total. The van der Waals surface area contributed by atoms with Crippen LogP contribution < -0.4 is 5.73 Å². The number of methoxy groups -OCH3 is 1. The minimum Gasteiger partial charge on any atom is -0.383 e. The van der Waals surface area contributed by atoms with Crippen LogP contribution in [0.5, 0.6) is 0 Å². The second-order valence-electron chi connectivity index (χ2n) is 6.74. The zero-order valence-electron chi connectivity index (χ0n) is 14.2. The summed E-state index contributed by atoms with van der Waals surface area (Å²) >= 11 is 0. The third-order valence-corrected chi connectivity index (χ3v) is 5.13. The summed E-state index contributed by atoms with van der Waals surface area (Å²) in [6.45, 7) is 4.03. The molecule has 3 rings (SSSR count). The van der Waals surface area contributed by atoms with Crippen LogP contribution in [0.15, 0.2) is 18.2 Å². The molecular formula is C18H24FN3O2. The Kier molecular flexibility index (Phi) is 4.60. The van der Waals surface area contributed by atoms with Crippen molar-refractivity contribution < 1.29 is 13.9 Å². The molecule has 6 heteroatoms. The fraction of sp³-hybridized carbons (Fsp3) is 0.500.